The van der Waals surface area contributed by atoms with Gasteiger partial charge in [-0.15, -0.1) is 11.3 Å². The highest BCUT2D eigenvalue weighted by molar-refractivity contribution is 7.14. The van der Waals surface area contributed by atoms with Gasteiger partial charge in [-0.05, 0) is 60.4 Å². The number of furan rings is 1. The van der Waals surface area contributed by atoms with E-state index in [2.05, 4.69) is 10.6 Å². The van der Waals surface area contributed by atoms with E-state index in [1.54, 1.807) is 29.2 Å². The Morgan fingerprint density at radius 1 is 1.03 bits per heavy atom. The van der Waals surface area contributed by atoms with Gasteiger partial charge in [0.05, 0.1) is 23.4 Å². The van der Waals surface area contributed by atoms with E-state index in [4.69, 9.17) is 4.42 Å². The van der Waals surface area contributed by atoms with Gasteiger partial charge in [-0.25, -0.2) is 0 Å². The monoisotopic (exact) mass is 449 g/mol. The van der Waals surface area contributed by atoms with Crippen molar-refractivity contribution in [1.29, 1.82) is 0 Å². The summed E-state index contributed by atoms with van der Waals surface area (Å²) in [5, 5.41) is 5.24. The second-order valence-electron chi connectivity index (χ2n) is 7.65. The highest BCUT2D eigenvalue weighted by Crippen LogP contribution is 2.38. The fourth-order valence-corrected chi connectivity index (χ4v) is 4.98. The van der Waals surface area contributed by atoms with Crippen LogP contribution >= 0.6 is 11.3 Å². The molecule has 0 bridgehead atoms. The van der Waals surface area contributed by atoms with Gasteiger partial charge in [0.1, 0.15) is 0 Å². The van der Waals surface area contributed by atoms with Crippen LogP contribution < -0.4 is 15.5 Å². The number of hydrogen-bond donors (Lipinski definition) is 2. The summed E-state index contributed by atoms with van der Waals surface area (Å²) in [4.78, 5) is 52.0. The Labute approximate surface area is 187 Å². The average molecular weight is 449 g/mol. The molecule has 0 fully saturated rings. The van der Waals surface area contributed by atoms with Crippen molar-refractivity contribution in [2.24, 2.45) is 0 Å². The molecule has 0 saturated heterocycles. The lowest BCUT2D eigenvalue weighted by molar-refractivity contribution is -0.136. The van der Waals surface area contributed by atoms with Crippen LogP contribution in [-0.4, -0.2) is 30.0 Å². The Bertz CT molecular complexity index is 1240. The summed E-state index contributed by atoms with van der Waals surface area (Å²) < 4.78 is 5.12. The van der Waals surface area contributed by atoms with Crippen LogP contribution in [0.4, 0.5) is 11.4 Å². The van der Waals surface area contributed by atoms with Gasteiger partial charge in [0, 0.05) is 23.5 Å². The molecule has 9 heteroatoms. The molecule has 0 atom stereocenters. The van der Waals surface area contributed by atoms with E-state index in [9.17, 15) is 19.2 Å². The number of thiophene rings is 1. The van der Waals surface area contributed by atoms with Crippen molar-refractivity contribution in [2.45, 2.75) is 25.8 Å². The Kier molecular flexibility index (Phi) is 5.10. The molecule has 3 aromatic rings. The van der Waals surface area contributed by atoms with E-state index in [0.717, 1.165) is 28.1 Å². The normalized spacial score (nSPS) is 14.2. The highest BCUT2D eigenvalue weighted by atomic mass is 32.1. The maximum absolute atomic E-state index is 12.4. The molecule has 0 spiro atoms. The van der Waals surface area contributed by atoms with E-state index in [1.165, 1.54) is 17.6 Å². The first-order valence-corrected chi connectivity index (χ1v) is 11.0. The molecule has 2 aliphatic rings. The molecule has 2 N–H and O–H groups in total. The van der Waals surface area contributed by atoms with Crippen LogP contribution in [0.25, 0.3) is 0 Å². The molecule has 2 aromatic heterocycles. The van der Waals surface area contributed by atoms with Crippen LogP contribution in [-0.2, 0) is 33.8 Å². The summed E-state index contributed by atoms with van der Waals surface area (Å²) in [5.74, 6) is -1.36. The zero-order valence-electron chi connectivity index (χ0n) is 17.0. The number of nitrogens with one attached hydrogen (secondary N) is 2. The van der Waals surface area contributed by atoms with E-state index in [-0.39, 0.29) is 24.0 Å². The fourth-order valence-electron chi connectivity index (χ4n) is 4.09. The van der Waals surface area contributed by atoms with Gasteiger partial charge >= 0.3 is 11.8 Å². The van der Waals surface area contributed by atoms with Gasteiger partial charge in [0.2, 0.25) is 11.7 Å². The Morgan fingerprint density at radius 2 is 1.84 bits per heavy atom. The number of ketones is 1. The zero-order chi connectivity index (χ0) is 22.2. The lowest BCUT2D eigenvalue weighted by Crippen LogP contribution is -2.35. The van der Waals surface area contributed by atoms with Crippen molar-refractivity contribution in [3.63, 3.8) is 0 Å². The molecule has 162 valence electrons. The fraction of sp³-hybridized carbons (Fsp3) is 0.217. The Hall–Kier alpha value is -3.72. The number of benzene rings is 1. The highest BCUT2D eigenvalue weighted by Gasteiger charge is 2.31. The maximum Gasteiger partial charge on any atom is 0.313 e. The van der Waals surface area contributed by atoms with Crippen LogP contribution in [0.3, 0.4) is 0 Å². The van der Waals surface area contributed by atoms with E-state index in [0.29, 0.717) is 30.0 Å². The maximum atomic E-state index is 12.4. The molecule has 0 unspecified atom stereocenters. The van der Waals surface area contributed by atoms with Crippen molar-refractivity contribution in [1.82, 2.24) is 5.32 Å². The minimum Gasteiger partial charge on any atom is -0.461 e. The quantitative estimate of drug-likeness (QED) is 0.460. The molecular weight excluding hydrogens is 430 g/mol. The molecule has 8 nitrogen and oxygen atoms in total. The van der Waals surface area contributed by atoms with Gasteiger partial charge in [-0.2, -0.15) is 0 Å². The molecule has 2 aliphatic heterocycles. The number of carbonyl (C=O) groups excluding carboxylic acids is 4. The molecule has 1 aromatic carbocycles. The minimum absolute atomic E-state index is 0.134. The molecule has 32 heavy (non-hydrogen) atoms. The lowest BCUT2D eigenvalue weighted by atomic mass is 9.98. The average Bonchev–Trinajstić information content (AvgIpc) is 3.55. The van der Waals surface area contributed by atoms with E-state index >= 15 is 0 Å². The van der Waals surface area contributed by atoms with Gasteiger partial charge in [0.25, 0.3) is 0 Å². The predicted octanol–water partition coefficient (Wildman–Crippen LogP) is 2.66. The van der Waals surface area contributed by atoms with Crippen molar-refractivity contribution >= 4 is 46.2 Å². The summed E-state index contributed by atoms with van der Waals surface area (Å²) >= 11 is 1.23. The van der Waals surface area contributed by atoms with Crippen LogP contribution in [0.5, 0.6) is 0 Å². The lowest BCUT2D eigenvalue weighted by Gasteiger charge is -2.25. The molecule has 0 radical (unpaired) electrons. The van der Waals surface area contributed by atoms with Crippen LogP contribution in [0, 0.1) is 0 Å². The van der Waals surface area contributed by atoms with Gasteiger partial charge in [-0.3, -0.25) is 19.2 Å². The Morgan fingerprint density at radius 3 is 2.62 bits per heavy atom. The summed E-state index contributed by atoms with van der Waals surface area (Å²) in [6.07, 6.45) is 3.26. The number of carbonyl (C=O) groups is 4. The van der Waals surface area contributed by atoms with E-state index in [1.807, 2.05) is 12.1 Å². The van der Waals surface area contributed by atoms with Crippen LogP contribution in [0.2, 0.25) is 0 Å². The second-order valence-corrected chi connectivity index (χ2v) is 8.82. The van der Waals surface area contributed by atoms with Gasteiger partial charge in [-0.1, -0.05) is 0 Å². The topological polar surface area (TPSA) is 109 Å². The van der Waals surface area contributed by atoms with Crippen molar-refractivity contribution < 1.29 is 23.6 Å². The summed E-state index contributed by atoms with van der Waals surface area (Å²) in [6, 6.07) is 10.3. The minimum atomic E-state index is -0.762. The molecular formula is C23H19N3O5S. The summed E-state index contributed by atoms with van der Waals surface area (Å²) in [5.41, 5.74) is 3.54. The van der Waals surface area contributed by atoms with Crippen LogP contribution in [0.1, 0.15) is 37.9 Å². The molecule has 3 amide bonds. The first kappa shape index (κ1) is 20.2. The number of amides is 3. The summed E-state index contributed by atoms with van der Waals surface area (Å²) in [7, 11) is 0. The molecule has 0 aliphatic carbocycles. The van der Waals surface area contributed by atoms with E-state index < -0.39 is 11.8 Å². The third-order valence-corrected chi connectivity index (χ3v) is 6.65. The van der Waals surface area contributed by atoms with Crippen LogP contribution in [0.15, 0.2) is 47.1 Å². The number of nitrogens with zero attached hydrogens (tertiary/aromatic N) is 1. The number of hydrogen-bond acceptors (Lipinski definition) is 6. The number of rotatable bonds is 5. The SMILES string of the molecule is O=C(NCc1ccc(C(=O)c2ccco2)s1)C(=O)Nc1cc2c3c(c1)CCN3C(=O)CC2. The van der Waals surface area contributed by atoms with Gasteiger partial charge < -0.3 is 20.0 Å². The molecule has 0 saturated carbocycles. The molecule has 5 rings (SSSR count). The summed E-state index contributed by atoms with van der Waals surface area (Å²) in [6.45, 7) is 0.791. The van der Waals surface area contributed by atoms with Crippen molar-refractivity contribution in [2.75, 3.05) is 16.8 Å². The third-order valence-electron chi connectivity index (χ3n) is 5.57. The second kappa shape index (κ2) is 8.08. The smallest absolute Gasteiger partial charge is 0.313 e. The van der Waals surface area contributed by atoms with Gasteiger partial charge in [0.15, 0.2) is 5.76 Å². The largest absolute Gasteiger partial charge is 0.461 e. The first-order valence-electron chi connectivity index (χ1n) is 10.2. The first-order chi connectivity index (χ1) is 15.5. The zero-order valence-corrected chi connectivity index (χ0v) is 17.8. The standard InChI is InChI=1S/C23H19N3O5S/c27-19-6-3-13-10-15(11-14-7-8-26(19)20(13)14)25-23(30)22(29)24-12-16-4-5-18(32-16)21(28)17-2-1-9-31-17/h1-2,4-5,9-11H,3,6-8,12H2,(H,24,29)(H,25,30). The number of aryl methyl sites for hydroxylation is 1. The van der Waals surface area contributed by atoms with Crippen molar-refractivity contribution in [3.05, 3.63) is 69.3 Å². The third kappa shape index (κ3) is 3.71. The molecule has 4 heterocycles. The predicted molar refractivity (Wildman–Crippen MR) is 118 cm³/mol. The number of anilines is 2. The Balaban J connectivity index is 1.20. The van der Waals surface area contributed by atoms with Crippen molar-refractivity contribution in [3.8, 4) is 0 Å².